The summed E-state index contributed by atoms with van der Waals surface area (Å²) in [6.07, 6.45) is 10.6. The molecule has 0 radical (unpaired) electrons. The van der Waals surface area contributed by atoms with Crippen LogP contribution in [0.1, 0.15) is 60.9 Å². The summed E-state index contributed by atoms with van der Waals surface area (Å²) in [5.74, 6) is -1.17. The van der Waals surface area contributed by atoms with Crippen LogP contribution in [-0.4, -0.2) is 22.0 Å². The van der Waals surface area contributed by atoms with Gasteiger partial charge in [-0.1, -0.05) is 56.0 Å². The standard InChI is InChI=1S/C23H27NO4S/c25-21(26)15-20-19(23-18(16-24-20)14-22(27)28-29-23)13-9-4-2-1-3-6-10-17-11-7-5-8-12-17/h5,7-8,11-12,16H,1-4,6,9-10,13-15H2,(H,25,26). The summed E-state index contributed by atoms with van der Waals surface area (Å²) < 4.78 is 5.12. The molecule has 1 aromatic carbocycles. The Morgan fingerprint density at radius 1 is 1.03 bits per heavy atom. The lowest BCUT2D eigenvalue weighted by Gasteiger charge is -2.19. The van der Waals surface area contributed by atoms with Crippen molar-refractivity contribution >= 4 is 24.0 Å². The molecule has 29 heavy (non-hydrogen) atoms. The maximum atomic E-state index is 11.5. The third kappa shape index (κ3) is 6.60. The number of aryl methyl sites for hydroxylation is 1. The summed E-state index contributed by atoms with van der Waals surface area (Å²) in [4.78, 5) is 27.9. The molecular formula is C23H27NO4S. The average Bonchev–Trinajstić information content (AvgIpc) is 2.71. The second-order valence-corrected chi connectivity index (χ2v) is 8.17. The van der Waals surface area contributed by atoms with Crippen LogP contribution < -0.4 is 0 Å². The molecule has 1 aromatic heterocycles. The van der Waals surface area contributed by atoms with Gasteiger partial charge in [0, 0.05) is 6.20 Å². The topological polar surface area (TPSA) is 76.5 Å². The van der Waals surface area contributed by atoms with Crippen LogP contribution in [0.4, 0.5) is 0 Å². The summed E-state index contributed by atoms with van der Waals surface area (Å²) in [5.41, 5.74) is 3.77. The fourth-order valence-corrected chi connectivity index (χ4v) is 4.44. The van der Waals surface area contributed by atoms with Crippen molar-refractivity contribution in [3.63, 3.8) is 0 Å². The molecule has 0 saturated carbocycles. The van der Waals surface area contributed by atoms with Gasteiger partial charge in [0.05, 0.1) is 35.5 Å². The first-order chi connectivity index (χ1) is 14.1. The predicted octanol–water partition coefficient (Wildman–Crippen LogP) is 4.94. The van der Waals surface area contributed by atoms with Crippen LogP contribution >= 0.6 is 12.0 Å². The Kier molecular flexibility index (Phi) is 8.11. The zero-order valence-electron chi connectivity index (χ0n) is 16.6. The maximum absolute atomic E-state index is 11.5. The Morgan fingerprint density at radius 2 is 1.72 bits per heavy atom. The van der Waals surface area contributed by atoms with Crippen LogP contribution in [0.25, 0.3) is 0 Å². The lowest BCUT2D eigenvalue weighted by molar-refractivity contribution is -0.136. The molecule has 1 N–H and O–H groups in total. The molecule has 0 fully saturated rings. The number of fused-ring (bicyclic) bond motifs is 1. The number of carbonyl (C=O) groups is 2. The van der Waals surface area contributed by atoms with Crippen molar-refractivity contribution < 1.29 is 18.9 Å². The van der Waals surface area contributed by atoms with Crippen molar-refractivity contribution in [1.29, 1.82) is 0 Å². The number of unbranched alkanes of at least 4 members (excludes halogenated alkanes) is 5. The van der Waals surface area contributed by atoms with E-state index in [0.29, 0.717) is 5.69 Å². The number of hydrogen-bond donors (Lipinski definition) is 1. The van der Waals surface area contributed by atoms with Crippen molar-refractivity contribution in [2.75, 3.05) is 0 Å². The highest BCUT2D eigenvalue weighted by molar-refractivity contribution is 7.95. The number of aliphatic carboxylic acids is 1. The number of carbonyl (C=O) groups excluding carboxylic acids is 1. The molecule has 1 aliphatic rings. The second-order valence-electron chi connectivity index (χ2n) is 7.43. The quantitative estimate of drug-likeness (QED) is 0.415. The highest BCUT2D eigenvalue weighted by Gasteiger charge is 2.24. The van der Waals surface area contributed by atoms with E-state index in [9.17, 15) is 14.7 Å². The Hall–Kier alpha value is -2.34. The highest BCUT2D eigenvalue weighted by atomic mass is 32.2. The molecule has 0 amide bonds. The van der Waals surface area contributed by atoms with Crippen molar-refractivity contribution in [1.82, 2.24) is 4.98 Å². The molecule has 0 saturated heterocycles. The van der Waals surface area contributed by atoms with Crippen LogP contribution in [0, 0.1) is 0 Å². The number of carboxylic acid groups (broad SMARTS) is 1. The van der Waals surface area contributed by atoms with E-state index in [2.05, 4.69) is 29.2 Å². The van der Waals surface area contributed by atoms with Gasteiger partial charge in [-0.15, -0.1) is 0 Å². The molecule has 2 aromatic rings. The van der Waals surface area contributed by atoms with Gasteiger partial charge < -0.3 is 9.29 Å². The van der Waals surface area contributed by atoms with Gasteiger partial charge in [0.1, 0.15) is 0 Å². The van der Waals surface area contributed by atoms with Crippen LogP contribution in [0.5, 0.6) is 0 Å². The minimum Gasteiger partial charge on any atom is -0.481 e. The number of carboxylic acids is 1. The molecule has 0 aliphatic carbocycles. The lowest BCUT2D eigenvalue weighted by Crippen LogP contribution is -2.15. The van der Waals surface area contributed by atoms with Gasteiger partial charge >= 0.3 is 11.9 Å². The highest BCUT2D eigenvalue weighted by Crippen LogP contribution is 2.35. The van der Waals surface area contributed by atoms with E-state index >= 15 is 0 Å². The minimum atomic E-state index is -0.894. The number of rotatable bonds is 11. The maximum Gasteiger partial charge on any atom is 0.322 e. The zero-order valence-corrected chi connectivity index (χ0v) is 17.4. The summed E-state index contributed by atoms with van der Waals surface area (Å²) in [6.45, 7) is 0. The first-order valence-corrected chi connectivity index (χ1v) is 11.0. The van der Waals surface area contributed by atoms with E-state index in [1.54, 1.807) is 6.20 Å². The van der Waals surface area contributed by atoms with E-state index in [1.165, 1.54) is 31.2 Å². The van der Waals surface area contributed by atoms with Gasteiger partial charge in [0.25, 0.3) is 0 Å². The largest absolute Gasteiger partial charge is 0.481 e. The van der Waals surface area contributed by atoms with Gasteiger partial charge in [-0.25, -0.2) is 0 Å². The van der Waals surface area contributed by atoms with Crippen LogP contribution in [0.2, 0.25) is 0 Å². The molecule has 5 nitrogen and oxygen atoms in total. The number of benzene rings is 1. The number of hydrogen-bond acceptors (Lipinski definition) is 5. The summed E-state index contributed by atoms with van der Waals surface area (Å²) in [7, 11) is 0. The number of aromatic nitrogens is 1. The van der Waals surface area contributed by atoms with Gasteiger partial charge in [0.2, 0.25) is 0 Å². The monoisotopic (exact) mass is 413 g/mol. The smallest absolute Gasteiger partial charge is 0.322 e. The predicted molar refractivity (Wildman–Crippen MR) is 113 cm³/mol. The molecule has 0 spiro atoms. The van der Waals surface area contributed by atoms with Crippen molar-refractivity contribution in [3.8, 4) is 0 Å². The first kappa shape index (κ1) is 21.4. The van der Waals surface area contributed by atoms with Crippen LogP contribution in [-0.2, 0) is 39.5 Å². The van der Waals surface area contributed by atoms with Gasteiger partial charge in [-0.2, -0.15) is 0 Å². The van der Waals surface area contributed by atoms with E-state index < -0.39 is 5.97 Å². The Morgan fingerprint density at radius 3 is 2.45 bits per heavy atom. The summed E-state index contributed by atoms with van der Waals surface area (Å²) in [5, 5.41) is 9.18. The van der Waals surface area contributed by atoms with Gasteiger partial charge in [0.15, 0.2) is 0 Å². The molecule has 3 rings (SSSR count). The summed E-state index contributed by atoms with van der Waals surface area (Å²) in [6, 6.07) is 10.6. The minimum absolute atomic E-state index is 0.101. The van der Waals surface area contributed by atoms with Crippen molar-refractivity contribution in [3.05, 3.63) is 58.9 Å². The fourth-order valence-electron chi connectivity index (χ4n) is 3.66. The van der Waals surface area contributed by atoms with Crippen LogP contribution in [0.3, 0.4) is 0 Å². The van der Waals surface area contributed by atoms with E-state index in [4.69, 9.17) is 4.18 Å². The fraction of sp³-hybridized carbons (Fsp3) is 0.435. The second kappa shape index (κ2) is 11.0. The molecule has 6 heteroatoms. The Bertz CT molecular complexity index is 838. The molecular weight excluding hydrogens is 386 g/mol. The van der Waals surface area contributed by atoms with Crippen molar-refractivity contribution in [2.45, 2.75) is 69.1 Å². The normalized spacial score (nSPS) is 13.0. The molecule has 0 bridgehead atoms. The molecule has 1 aliphatic heterocycles. The Balaban J connectivity index is 1.45. The van der Waals surface area contributed by atoms with Gasteiger partial charge in [-0.05, 0) is 42.4 Å². The third-order valence-electron chi connectivity index (χ3n) is 5.15. The van der Waals surface area contributed by atoms with Crippen LogP contribution in [0.15, 0.2) is 41.4 Å². The van der Waals surface area contributed by atoms with Crippen molar-refractivity contribution in [2.24, 2.45) is 0 Å². The third-order valence-corrected chi connectivity index (χ3v) is 6.09. The van der Waals surface area contributed by atoms with E-state index in [-0.39, 0.29) is 18.8 Å². The number of nitrogens with zero attached hydrogens (tertiary/aromatic N) is 1. The van der Waals surface area contributed by atoms with E-state index in [1.807, 2.05) is 6.07 Å². The lowest BCUT2D eigenvalue weighted by atomic mass is 9.99. The molecule has 0 atom stereocenters. The molecule has 0 unspecified atom stereocenters. The van der Waals surface area contributed by atoms with E-state index in [0.717, 1.165) is 53.7 Å². The van der Waals surface area contributed by atoms with Gasteiger partial charge in [-0.3, -0.25) is 14.6 Å². The first-order valence-electron chi connectivity index (χ1n) is 10.3. The summed E-state index contributed by atoms with van der Waals surface area (Å²) >= 11 is 1.06. The number of pyridine rings is 1. The average molecular weight is 414 g/mol. The Labute approximate surface area is 176 Å². The SMILES string of the molecule is O=C(O)Cc1ncc2c(c1CCCCCCCCc1ccccc1)SOC(=O)C2. The molecule has 2 heterocycles. The molecule has 154 valence electrons. The zero-order chi connectivity index (χ0) is 20.5.